The first-order chi connectivity index (χ1) is 13.1. The Morgan fingerprint density at radius 1 is 0.786 bits per heavy atom. The molecule has 0 radical (unpaired) electrons. The Labute approximate surface area is 170 Å². The number of imidazole rings is 2. The predicted molar refractivity (Wildman–Crippen MR) is 117 cm³/mol. The third kappa shape index (κ3) is 3.53. The molecule has 0 aliphatic carbocycles. The number of aryl methyl sites for hydroxylation is 1. The minimum Gasteiger partial charge on any atom is -0.342 e. The standard InChI is InChI=1S/C23H27ClN4/c1-14-6-8-16-18(12-14)27-20(25-16)22(2,3)10-11-23(4,5)21-26-17-9-7-15(24)13-19(17)28-21/h6-9,12-13H,10-11H2,1-5H3,(H,25,27)(H,26,28). The van der Waals surface area contributed by atoms with Crippen LogP contribution >= 0.6 is 11.6 Å². The monoisotopic (exact) mass is 394 g/mol. The van der Waals surface area contributed by atoms with E-state index in [2.05, 4.69) is 62.8 Å². The van der Waals surface area contributed by atoms with Gasteiger partial charge < -0.3 is 9.97 Å². The van der Waals surface area contributed by atoms with Gasteiger partial charge in [0.2, 0.25) is 0 Å². The molecule has 2 N–H and O–H groups in total. The van der Waals surface area contributed by atoms with Gasteiger partial charge in [0.1, 0.15) is 11.6 Å². The van der Waals surface area contributed by atoms with Crippen LogP contribution in [0.2, 0.25) is 5.02 Å². The lowest BCUT2D eigenvalue weighted by Gasteiger charge is -2.28. The third-order valence-electron chi connectivity index (χ3n) is 5.74. The normalized spacial score (nSPS) is 12.9. The van der Waals surface area contributed by atoms with Crippen molar-refractivity contribution >= 4 is 33.7 Å². The first kappa shape index (κ1) is 19.0. The van der Waals surface area contributed by atoms with Gasteiger partial charge in [-0.15, -0.1) is 0 Å². The number of H-pyrrole nitrogens is 2. The lowest BCUT2D eigenvalue weighted by molar-refractivity contribution is 0.355. The number of aromatic nitrogens is 4. The minimum absolute atomic E-state index is 0.0560. The van der Waals surface area contributed by atoms with Crippen molar-refractivity contribution in [1.29, 1.82) is 0 Å². The van der Waals surface area contributed by atoms with Gasteiger partial charge in [-0.25, -0.2) is 9.97 Å². The maximum Gasteiger partial charge on any atom is 0.112 e. The van der Waals surface area contributed by atoms with E-state index in [4.69, 9.17) is 21.6 Å². The van der Waals surface area contributed by atoms with Crippen LogP contribution in [-0.2, 0) is 10.8 Å². The molecule has 0 aliphatic heterocycles. The van der Waals surface area contributed by atoms with Gasteiger partial charge in [-0.05, 0) is 55.7 Å². The Bertz CT molecular complexity index is 1060. The van der Waals surface area contributed by atoms with E-state index in [1.165, 1.54) is 5.56 Å². The summed E-state index contributed by atoms with van der Waals surface area (Å²) in [6.07, 6.45) is 1.99. The fourth-order valence-electron chi connectivity index (χ4n) is 3.61. The molecule has 0 unspecified atom stereocenters. The van der Waals surface area contributed by atoms with Crippen molar-refractivity contribution in [2.75, 3.05) is 0 Å². The van der Waals surface area contributed by atoms with E-state index >= 15 is 0 Å². The van der Waals surface area contributed by atoms with Crippen molar-refractivity contribution in [1.82, 2.24) is 19.9 Å². The molecule has 0 aliphatic rings. The minimum atomic E-state index is -0.0780. The zero-order valence-electron chi connectivity index (χ0n) is 17.2. The first-order valence-electron chi connectivity index (χ1n) is 9.77. The summed E-state index contributed by atoms with van der Waals surface area (Å²) in [5.41, 5.74) is 5.19. The van der Waals surface area contributed by atoms with Crippen molar-refractivity contribution in [3.8, 4) is 0 Å². The average Bonchev–Trinajstić information content (AvgIpc) is 3.24. The second-order valence-corrected chi connectivity index (χ2v) is 9.56. The topological polar surface area (TPSA) is 57.4 Å². The van der Waals surface area contributed by atoms with Crippen LogP contribution in [0.1, 0.15) is 57.7 Å². The van der Waals surface area contributed by atoms with Crippen molar-refractivity contribution in [3.05, 3.63) is 58.6 Å². The van der Waals surface area contributed by atoms with Gasteiger partial charge in [0.05, 0.1) is 22.1 Å². The molecule has 4 nitrogen and oxygen atoms in total. The highest BCUT2D eigenvalue weighted by Gasteiger charge is 2.31. The van der Waals surface area contributed by atoms with E-state index in [1.807, 2.05) is 18.2 Å². The first-order valence-corrected chi connectivity index (χ1v) is 10.1. The predicted octanol–water partition coefficient (Wildman–Crippen LogP) is 6.44. The van der Waals surface area contributed by atoms with Crippen LogP contribution in [0.4, 0.5) is 0 Å². The average molecular weight is 395 g/mol. The second-order valence-electron chi connectivity index (χ2n) is 9.12. The lowest BCUT2D eigenvalue weighted by atomic mass is 9.78. The lowest BCUT2D eigenvalue weighted by Crippen LogP contribution is -2.26. The quantitative estimate of drug-likeness (QED) is 0.409. The van der Waals surface area contributed by atoms with E-state index in [1.54, 1.807) is 0 Å². The molecule has 4 rings (SSSR count). The largest absolute Gasteiger partial charge is 0.342 e. The maximum absolute atomic E-state index is 6.12. The molecule has 0 bridgehead atoms. The Hall–Kier alpha value is -2.33. The molecule has 0 saturated heterocycles. The molecule has 146 valence electrons. The highest BCUT2D eigenvalue weighted by molar-refractivity contribution is 6.31. The van der Waals surface area contributed by atoms with E-state index in [0.29, 0.717) is 0 Å². The number of fused-ring (bicyclic) bond motifs is 2. The summed E-state index contributed by atoms with van der Waals surface area (Å²) in [6, 6.07) is 12.1. The van der Waals surface area contributed by atoms with E-state index in [9.17, 15) is 0 Å². The number of aromatic amines is 2. The highest BCUT2D eigenvalue weighted by atomic mass is 35.5. The van der Waals surface area contributed by atoms with Gasteiger partial charge in [0.25, 0.3) is 0 Å². The molecular weight excluding hydrogens is 368 g/mol. The van der Waals surface area contributed by atoms with Crippen molar-refractivity contribution in [3.63, 3.8) is 0 Å². The van der Waals surface area contributed by atoms with Crippen LogP contribution in [0.5, 0.6) is 0 Å². The number of hydrogen-bond donors (Lipinski definition) is 2. The van der Waals surface area contributed by atoms with Crippen LogP contribution in [0.3, 0.4) is 0 Å². The van der Waals surface area contributed by atoms with Gasteiger partial charge in [-0.1, -0.05) is 45.4 Å². The van der Waals surface area contributed by atoms with Gasteiger partial charge in [0.15, 0.2) is 0 Å². The molecule has 28 heavy (non-hydrogen) atoms. The van der Waals surface area contributed by atoms with Crippen molar-refractivity contribution in [2.24, 2.45) is 0 Å². The summed E-state index contributed by atoms with van der Waals surface area (Å²) < 4.78 is 0. The van der Waals surface area contributed by atoms with Crippen LogP contribution in [-0.4, -0.2) is 19.9 Å². The molecule has 0 spiro atoms. The molecule has 5 heteroatoms. The van der Waals surface area contributed by atoms with Crippen molar-refractivity contribution in [2.45, 2.75) is 58.3 Å². The Balaban J connectivity index is 1.56. The van der Waals surface area contributed by atoms with Crippen LogP contribution in [0, 0.1) is 6.92 Å². The molecule has 0 amide bonds. The van der Waals surface area contributed by atoms with Gasteiger partial charge in [-0.3, -0.25) is 0 Å². The van der Waals surface area contributed by atoms with E-state index in [-0.39, 0.29) is 10.8 Å². The summed E-state index contributed by atoms with van der Waals surface area (Å²) in [4.78, 5) is 16.6. The Kier molecular flexibility index (Phi) is 4.50. The molecule has 2 aromatic carbocycles. The number of hydrogen-bond acceptors (Lipinski definition) is 2. The second kappa shape index (κ2) is 6.63. The molecule has 0 atom stereocenters. The summed E-state index contributed by atoms with van der Waals surface area (Å²) in [5, 5.41) is 0.724. The fraction of sp³-hybridized carbons (Fsp3) is 0.391. The highest BCUT2D eigenvalue weighted by Crippen LogP contribution is 2.35. The zero-order valence-corrected chi connectivity index (χ0v) is 17.9. The summed E-state index contributed by atoms with van der Waals surface area (Å²) in [6.45, 7) is 11.1. The molecule has 0 saturated carbocycles. The Morgan fingerprint density at radius 2 is 1.29 bits per heavy atom. The molecule has 4 aromatic rings. The summed E-state index contributed by atoms with van der Waals surface area (Å²) in [5.74, 6) is 2.04. The summed E-state index contributed by atoms with van der Waals surface area (Å²) >= 11 is 6.12. The number of benzene rings is 2. The zero-order chi connectivity index (χ0) is 20.1. The van der Waals surface area contributed by atoms with Crippen LogP contribution in [0.15, 0.2) is 36.4 Å². The smallest absolute Gasteiger partial charge is 0.112 e. The van der Waals surface area contributed by atoms with Crippen molar-refractivity contribution < 1.29 is 0 Å². The molecular formula is C23H27ClN4. The SMILES string of the molecule is Cc1ccc2nc(C(C)(C)CCC(C)(C)c3nc4ccc(Cl)cc4[nH]3)[nH]c2c1. The maximum atomic E-state index is 6.12. The van der Waals surface area contributed by atoms with Gasteiger partial charge in [-0.2, -0.15) is 0 Å². The molecule has 2 heterocycles. The summed E-state index contributed by atoms with van der Waals surface area (Å²) in [7, 11) is 0. The van der Waals surface area contributed by atoms with Crippen LogP contribution in [0.25, 0.3) is 22.1 Å². The van der Waals surface area contributed by atoms with Gasteiger partial charge >= 0.3 is 0 Å². The Morgan fingerprint density at radius 3 is 1.86 bits per heavy atom. The third-order valence-corrected chi connectivity index (χ3v) is 5.97. The van der Waals surface area contributed by atoms with Gasteiger partial charge in [0, 0.05) is 15.9 Å². The van der Waals surface area contributed by atoms with E-state index in [0.717, 1.165) is 51.6 Å². The van der Waals surface area contributed by atoms with Crippen LogP contribution < -0.4 is 0 Å². The molecule has 0 fully saturated rings. The number of rotatable bonds is 5. The molecule has 2 aromatic heterocycles. The fourth-order valence-corrected chi connectivity index (χ4v) is 3.78. The number of nitrogens with one attached hydrogen (secondary N) is 2. The van der Waals surface area contributed by atoms with E-state index < -0.39 is 0 Å². The number of halogens is 1. The number of nitrogens with zero attached hydrogens (tertiary/aromatic N) is 2.